The molecule has 0 spiro atoms. The molecule has 19 heavy (non-hydrogen) atoms. The van der Waals surface area contributed by atoms with Gasteiger partial charge in [0.25, 0.3) is 0 Å². The molecule has 2 N–H and O–H groups in total. The lowest BCUT2D eigenvalue weighted by atomic mass is 10.2. The van der Waals surface area contributed by atoms with Crippen LogP contribution in [0.1, 0.15) is 12.5 Å². The molecule has 4 nitrogen and oxygen atoms in total. The zero-order valence-electron chi connectivity index (χ0n) is 11.3. The third kappa shape index (κ3) is 5.34. The summed E-state index contributed by atoms with van der Waals surface area (Å²) >= 11 is 0. The summed E-state index contributed by atoms with van der Waals surface area (Å²) in [6.07, 6.45) is -4.37. The first-order valence-corrected chi connectivity index (χ1v) is 6.04. The minimum atomic E-state index is -4.37. The molecular formula is C12H19F3N4. The Morgan fingerprint density at radius 1 is 1.16 bits per heavy atom. The topological polar surface area (TPSA) is 40.2 Å². The average molecular weight is 276 g/mol. The maximum atomic E-state index is 12.7. The second-order valence-corrected chi connectivity index (χ2v) is 4.38. The Morgan fingerprint density at radius 2 is 1.74 bits per heavy atom. The van der Waals surface area contributed by atoms with E-state index in [9.17, 15) is 13.2 Å². The van der Waals surface area contributed by atoms with Crippen LogP contribution in [-0.4, -0.2) is 43.6 Å². The summed E-state index contributed by atoms with van der Waals surface area (Å²) in [5, 5.41) is 5.69. The molecule has 0 saturated heterocycles. The van der Waals surface area contributed by atoms with Crippen molar-refractivity contribution in [1.82, 2.24) is 9.88 Å². The Morgan fingerprint density at radius 3 is 2.21 bits per heavy atom. The van der Waals surface area contributed by atoms with E-state index in [0.29, 0.717) is 19.6 Å². The van der Waals surface area contributed by atoms with Gasteiger partial charge in [-0.25, -0.2) is 4.98 Å². The molecular weight excluding hydrogens is 257 g/mol. The predicted molar refractivity (Wildman–Crippen MR) is 70.4 cm³/mol. The number of pyridine rings is 1. The highest BCUT2D eigenvalue weighted by atomic mass is 19.4. The van der Waals surface area contributed by atoms with Crippen LogP contribution in [0.5, 0.6) is 0 Å². The van der Waals surface area contributed by atoms with Crippen molar-refractivity contribution in [2.24, 2.45) is 0 Å². The molecule has 0 amide bonds. The van der Waals surface area contributed by atoms with E-state index in [0.717, 1.165) is 12.1 Å². The van der Waals surface area contributed by atoms with Crippen LogP contribution in [0.3, 0.4) is 0 Å². The standard InChI is InChI=1S/C12H19F3N4/c1-4-16-10-7-9(12(13,14)15)8-11(18-10)17-5-6-19(2)3/h7-8H,4-6H2,1-3H3,(H2,16,17,18). The molecule has 0 fully saturated rings. The summed E-state index contributed by atoms with van der Waals surface area (Å²) < 4.78 is 38.2. The lowest BCUT2D eigenvalue weighted by Gasteiger charge is -2.14. The average Bonchev–Trinajstić information content (AvgIpc) is 2.27. The number of nitrogens with one attached hydrogen (secondary N) is 2. The number of hydrogen-bond acceptors (Lipinski definition) is 4. The van der Waals surface area contributed by atoms with Crippen LogP contribution >= 0.6 is 0 Å². The fraction of sp³-hybridized carbons (Fsp3) is 0.583. The van der Waals surface area contributed by atoms with E-state index in [4.69, 9.17) is 0 Å². The molecule has 7 heteroatoms. The van der Waals surface area contributed by atoms with E-state index >= 15 is 0 Å². The van der Waals surface area contributed by atoms with Crippen molar-refractivity contribution in [3.05, 3.63) is 17.7 Å². The lowest BCUT2D eigenvalue weighted by Crippen LogP contribution is -2.21. The highest BCUT2D eigenvalue weighted by Gasteiger charge is 2.31. The molecule has 1 heterocycles. The summed E-state index contributed by atoms with van der Waals surface area (Å²) in [5.74, 6) is 0.456. The van der Waals surface area contributed by atoms with Gasteiger partial charge < -0.3 is 15.5 Å². The van der Waals surface area contributed by atoms with E-state index < -0.39 is 11.7 Å². The van der Waals surface area contributed by atoms with Crippen LogP contribution in [0.15, 0.2) is 12.1 Å². The summed E-state index contributed by atoms with van der Waals surface area (Å²) in [7, 11) is 3.79. The van der Waals surface area contributed by atoms with Gasteiger partial charge in [0.05, 0.1) is 5.56 Å². The molecule has 0 bridgehead atoms. The number of aromatic nitrogens is 1. The lowest BCUT2D eigenvalue weighted by molar-refractivity contribution is -0.137. The third-order valence-electron chi connectivity index (χ3n) is 2.38. The van der Waals surface area contributed by atoms with Crippen molar-refractivity contribution in [3.63, 3.8) is 0 Å². The maximum absolute atomic E-state index is 12.7. The highest BCUT2D eigenvalue weighted by molar-refractivity contribution is 5.49. The molecule has 0 unspecified atom stereocenters. The first kappa shape index (κ1) is 15.6. The van der Waals surface area contributed by atoms with Crippen molar-refractivity contribution < 1.29 is 13.2 Å². The van der Waals surface area contributed by atoms with Gasteiger partial charge in [0.2, 0.25) is 0 Å². The normalized spacial score (nSPS) is 11.7. The first-order chi connectivity index (χ1) is 8.82. The minimum absolute atomic E-state index is 0.227. The predicted octanol–water partition coefficient (Wildman–Crippen LogP) is 2.51. The van der Waals surface area contributed by atoms with E-state index in [1.807, 2.05) is 19.0 Å². The molecule has 0 radical (unpaired) electrons. The molecule has 0 aromatic carbocycles. The van der Waals surface area contributed by atoms with Crippen LogP contribution in [0.4, 0.5) is 24.8 Å². The van der Waals surface area contributed by atoms with E-state index in [1.165, 1.54) is 0 Å². The van der Waals surface area contributed by atoms with Gasteiger partial charge in [0.15, 0.2) is 0 Å². The van der Waals surface area contributed by atoms with Crippen molar-refractivity contribution in [1.29, 1.82) is 0 Å². The van der Waals surface area contributed by atoms with Crippen molar-refractivity contribution >= 4 is 11.6 Å². The largest absolute Gasteiger partial charge is 0.416 e. The summed E-state index contributed by atoms with van der Waals surface area (Å²) in [5.41, 5.74) is -0.703. The monoisotopic (exact) mass is 276 g/mol. The fourth-order valence-electron chi connectivity index (χ4n) is 1.46. The number of likely N-dealkylation sites (N-methyl/N-ethyl adjacent to an activating group) is 1. The summed E-state index contributed by atoms with van der Waals surface area (Å²) in [6.45, 7) is 3.58. The van der Waals surface area contributed by atoms with E-state index in [1.54, 1.807) is 6.92 Å². The van der Waals surface area contributed by atoms with Gasteiger partial charge in [-0.15, -0.1) is 0 Å². The Labute approximate surface area is 111 Å². The molecule has 0 atom stereocenters. The molecule has 108 valence electrons. The summed E-state index contributed by atoms with van der Waals surface area (Å²) in [6, 6.07) is 2.04. The quantitative estimate of drug-likeness (QED) is 0.837. The van der Waals surface area contributed by atoms with E-state index in [-0.39, 0.29) is 11.6 Å². The third-order valence-corrected chi connectivity index (χ3v) is 2.38. The fourth-order valence-corrected chi connectivity index (χ4v) is 1.46. The van der Waals surface area contributed by atoms with Gasteiger partial charge in [-0.2, -0.15) is 13.2 Å². The van der Waals surface area contributed by atoms with Gasteiger partial charge in [0.1, 0.15) is 11.6 Å². The molecule has 0 aliphatic rings. The molecule has 0 aliphatic carbocycles. The molecule has 0 aliphatic heterocycles. The van der Waals surface area contributed by atoms with Crippen molar-refractivity contribution in [2.45, 2.75) is 13.1 Å². The van der Waals surface area contributed by atoms with Crippen molar-refractivity contribution in [3.8, 4) is 0 Å². The second kappa shape index (κ2) is 6.60. The number of anilines is 2. The summed E-state index contributed by atoms with van der Waals surface area (Å²) in [4.78, 5) is 6.03. The number of alkyl halides is 3. The van der Waals surface area contributed by atoms with Crippen molar-refractivity contribution in [2.75, 3.05) is 44.4 Å². The Bertz CT molecular complexity index is 404. The molecule has 1 aromatic heterocycles. The first-order valence-electron chi connectivity index (χ1n) is 6.04. The highest BCUT2D eigenvalue weighted by Crippen LogP contribution is 2.31. The number of hydrogen-bond donors (Lipinski definition) is 2. The number of rotatable bonds is 6. The number of halogens is 3. The zero-order chi connectivity index (χ0) is 14.5. The molecule has 1 aromatic rings. The van der Waals surface area contributed by atoms with Crippen LogP contribution < -0.4 is 10.6 Å². The Hall–Kier alpha value is -1.50. The van der Waals surface area contributed by atoms with Crippen LogP contribution in [0.25, 0.3) is 0 Å². The Balaban J connectivity index is 2.87. The van der Waals surface area contributed by atoms with Crippen LogP contribution in [0.2, 0.25) is 0 Å². The van der Waals surface area contributed by atoms with Crippen LogP contribution in [0, 0.1) is 0 Å². The SMILES string of the molecule is CCNc1cc(C(F)(F)F)cc(NCCN(C)C)n1. The number of nitrogens with zero attached hydrogens (tertiary/aromatic N) is 2. The minimum Gasteiger partial charge on any atom is -0.370 e. The zero-order valence-corrected chi connectivity index (χ0v) is 11.3. The van der Waals surface area contributed by atoms with Gasteiger partial charge in [-0.3, -0.25) is 0 Å². The van der Waals surface area contributed by atoms with Gasteiger partial charge in [-0.05, 0) is 33.2 Å². The Kier molecular flexibility index (Phi) is 5.41. The molecule has 0 saturated carbocycles. The second-order valence-electron chi connectivity index (χ2n) is 4.38. The van der Waals surface area contributed by atoms with Gasteiger partial charge in [0, 0.05) is 19.6 Å². The van der Waals surface area contributed by atoms with Crippen LogP contribution in [-0.2, 0) is 6.18 Å². The van der Waals surface area contributed by atoms with E-state index in [2.05, 4.69) is 15.6 Å². The van der Waals surface area contributed by atoms with Gasteiger partial charge in [-0.1, -0.05) is 0 Å². The van der Waals surface area contributed by atoms with Gasteiger partial charge >= 0.3 is 6.18 Å². The molecule has 1 rings (SSSR count). The smallest absolute Gasteiger partial charge is 0.370 e. The maximum Gasteiger partial charge on any atom is 0.416 e.